The minimum Gasteiger partial charge on any atom is -0.368 e. The van der Waals surface area contributed by atoms with Gasteiger partial charge >= 0.3 is 0 Å². The van der Waals surface area contributed by atoms with Crippen LogP contribution in [0.1, 0.15) is 31.2 Å². The second-order valence-corrected chi connectivity index (χ2v) is 7.51. The standard InChI is InChI=1S/C19H23N3O2S/c1-12-10-13(2)21-19(20-12)25-17-8-6-16(7-9-17)22-18(23)14(3)24-11-15-4-5-15/h6-10,14-15H,4-5,11H2,1-3H3,(H,22,23). The molecule has 5 nitrogen and oxygen atoms in total. The van der Waals surface area contributed by atoms with Gasteiger partial charge in [-0.1, -0.05) is 0 Å². The van der Waals surface area contributed by atoms with Crippen LogP contribution in [0, 0.1) is 19.8 Å². The smallest absolute Gasteiger partial charge is 0.253 e. The number of hydrogen-bond donors (Lipinski definition) is 1. The van der Waals surface area contributed by atoms with Crippen molar-refractivity contribution < 1.29 is 9.53 Å². The third-order valence-electron chi connectivity index (χ3n) is 3.94. The molecule has 2 aromatic rings. The maximum Gasteiger partial charge on any atom is 0.253 e. The van der Waals surface area contributed by atoms with Gasteiger partial charge in [-0.15, -0.1) is 0 Å². The second kappa shape index (κ2) is 7.97. The third kappa shape index (κ3) is 5.54. The summed E-state index contributed by atoms with van der Waals surface area (Å²) in [7, 11) is 0. The average molecular weight is 357 g/mol. The lowest BCUT2D eigenvalue weighted by molar-refractivity contribution is -0.126. The lowest BCUT2D eigenvalue weighted by Crippen LogP contribution is -2.28. The molecule has 0 bridgehead atoms. The summed E-state index contributed by atoms with van der Waals surface area (Å²) in [5.74, 6) is 0.540. The van der Waals surface area contributed by atoms with E-state index >= 15 is 0 Å². The molecule has 1 heterocycles. The molecule has 1 saturated carbocycles. The van der Waals surface area contributed by atoms with E-state index in [2.05, 4.69) is 15.3 Å². The van der Waals surface area contributed by atoms with E-state index in [0.717, 1.165) is 27.1 Å². The number of ether oxygens (including phenoxy) is 1. The number of hydrogen-bond acceptors (Lipinski definition) is 5. The molecular weight excluding hydrogens is 334 g/mol. The summed E-state index contributed by atoms with van der Waals surface area (Å²) >= 11 is 1.51. The Labute approximate surface area is 152 Å². The van der Waals surface area contributed by atoms with Crippen molar-refractivity contribution in [2.24, 2.45) is 5.92 Å². The molecule has 0 spiro atoms. The number of carbonyl (C=O) groups excluding carboxylic acids is 1. The average Bonchev–Trinajstić information content (AvgIpc) is 3.38. The van der Waals surface area contributed by atoms with Crippen LogP contribution in [0.2, 0.25) is 0 Å². The molecule has 1 atom stereocenters. The van der Waals surface area contributed by atoms with Crippen molar-refractivity contribution in [3.8, 4) is 0 Å². The van der Waals surface area contributed by atoms with Gasteiger partial charge in [0.05, 0.1) is 6.61 Å². The van der Waals surface area contributed by atoms with E-state index in [1.807, 2.05) is 44.2 Å². The summed E-state index contributed by atoms with van der Waals surface area (Å²) < 4.78 is 5.59. The Bertz CT molecular complexity index is 725. The van der Waals surface area contributed by atoms with Crippen LogP contribution < -0.4 is 5.32 Å². The van der Waals surface area contributed by atoms with E-state index < -0.39 is 6.10 Å². The molecule has 1 N–H and O–H groups in total. The minimum absolute atomic E-state index is 0.112. The van der Waals surface area contributed by atoms with Crippen LogP contribution in [-0.2, 0) is 9.53 Å². The van der Waals surface area contributed by atoms with Gasteiger partial charge in [-0.3, -0.25) is 4.79 Å². The van der Waals surface area contributed by atoms with Gasteiger partial charge in [-0.2, -0.15) is 0 Å². The largest absolute Gasteiger partial charge is 0.368 e. The van der Waals surface area contributed by atoms with Gasteiger partial charge in [-0.25, -0.2) is 9.97 Å². The van der Waals surface area contributed by atoms with Gasteiger partial charge in [0.2, 0.25) is 0 Å². The molecule has 132 valence electrons. The zero-order valence-corrected chi connectivity index (χ0v) is 15.6. The Kier molecular flexibility index (Phi) is 5.71. The molecule has 1 fully saturated rings. The van der Waals surface area contributed by atoms with Crippen molar-refractivity contribution in [3.63, 3.8) is 0 Å². The van der Waals surface area contributed by atoms with E-state index in [-0.39, 0.29) is 5.91 Å². The summed E-state index contributed by atoms with van der Waals surface area (Å²) in [4.78, 5) is 22.0. The fourth-order valence-corrected chi connectivity index (χ4v) is 3.20. The quantitative estimate of drug-likeness (QED) is 0.759. The monoisotopic (exact) mass is 357 g/mol. The highest BCUT2D eigenvalue weighted by Crippen LogP contribution is 2.29. The predicted octanol–water partition coefficient (Wildman–Crippen LogP) is 4.00. The van der Waals surface area contributed by atoms with Gasteiger partial charge in [-0.05, 0) is 81.6 Å². The number of carbonyl (C=O) groups is 1. The van der Waals surface area contributed by atoms with Crippen LogP contribution in [-0.4, -0.2) is 28.6 Å². The van der Waals surface area contributed by atoms with Crippen LogP contribution in [0.15, 0.2) is 40.4 Å². The zero-order chi connectivity index (χ0) is 17.8. The number of nitrogens with one attached hydrogen (secondary N) is 1. The van der Waals surface area contributed by atoms with Crippen molar-refractivity contribution in [2.45, 2.75) is 49.8 Å². The number of benzene rings is 1. The van der Waals surface area contributed by atoms with Crippen LogP contribution in [0.25, 0.3) is 0 Å². The SMILES string of the molecule is Cc1cc(C)nc(Sc2ccc(NC(=O)C(C)OCC3CC3)cc2)n1. The first-order valence-electron chi connectivity index (χ1n) is 8.52. The highest BCUT2D eigenvalue weighted by atomic mass is 32.2. The van der Waals surface area contributed by atoms with Crippen LogP contribution in [0.4, 0.5) is 5.69 Å². The molecule has 1 aromatic carbocycles. The number of nitrogens with zero attached hydrogens (tertiary/aromatic N) is 2. The van der Waals surface area contributed by atoms with Crippen molar-refractivity contribution in [1.29, 1.82) is 0 Å². The number of aryl methyl sites for hydroxylation is 2. The Morgan fingerprint density at radius 1 is 1.24 bits per heavy atom. The van der Waals surface area contributed by atoms with E-state index in [4.69, 9.17) is 4.74 Å². The summed E-state index contributed by atoms with van der Waals surface area (Å²) in [6.45, 7) is 6.40. The van der Waals surface area contributed by atoms with E-state index in [1.54, 1.807) is 6.92 Å². The molecule has 1 amide bonds. The van der Waals surface area contributed by atoms with Crippen LogP contribution in [0.5, 0.6) is 0 Å². The van der Waals surface area contributed by atoms with Gasteiger partial charge in [0.25, 0.3) is 5.91 Å². The minimum atomic E-state index is -0.432. The van der Waals surface area contributed by atoms with Gasteiger partial charge < -0.3 is 10.1 Å². The third-order valence-corrected chi connectivity index (χ3v) is 4.81. The van der Waals surface area contributed by atoms with Gasteiger partial charge in [0, 0.05) is 22.0 Å². The van der Waals surface area contributed by atoms with E-state index in [1.165, 1.54) is 24.6 Å². The van der Waals surface area contributed by atoms with Crippen molar-refractivity contribution in [1.82, 2.24) is 9.97 Å². The highest BCUT2D eigenvalue weighted by Gasteiger charge is 2.24. The Morgan fingerprint density at radius 3 is 2.48 bits per heavy atom. The Morgan fingerprint density at radius 2 is 1.88 bits per heavy atom. The Hall–Kier alpha value is -1.92. The first-order chi connectivity index (χ1) is 12.0. The number of amides is 1. The summed E-state index contributed by atoms with van der Waals surface area (Å²) in [5, 5.41) is 3.62. The lowest BCUT2D eigenvalue weighted by atomic mass is 10.3. The van der Waals surface area contributed by atoms with E-state index in [0.29, 0.717) is 12.5 Å². The van der Waals surface area contributed by atoms with Crippen LogP contribution >= 0.6 is 11.8 Å². The molecule has 1 unspecified atom stereocenters. The maximum atomic E-state index is 12.1. The van der Waals surface area contributed by atoms with Crippen molar-refractivity contribution >= 4 is 23.4 Å². The second-order valence-electron chi connectivity index (χ2n) is 6.47. The van der Waals surface area contributed by atoms with Gasteiger partial charge in [0.1, 0.15) is 6.10 Å². The fourth-order valence-electron chi connectivity index (χ4n) is 2.34. The highest BCUT2D eigenvalue weighted by molar-refractivity contribution is 7.99. The summed E-state index contributed by atoms with van der Waals surface area (Å²) in [6, 6.07) is 9.64. The first kappa shape index (κ1) is 17.9. The predicted molar refractivity (Wildman–Crippen MR) is 98.8 cm³/mol. The van der Waals surface area contributed by atoms with E-state index in [9.17, 15) is 4.79 Å². The molecule has 3 rings (SSSR count). The molecule has 1 aliphatic rings. The molecule has 0 radical (unpaired) electrons. The maximum absolute atomic E-state index is 12.1. The fraction of sp³-hybridized carbons (Fsp3) is 0.421. The normalized spacial score (nSPS) is 15.0. The number of anilines is 1. The summed E-state index contributed by atoms with van der Waals surface area (Å²) in [5.41, 5.74) is 2.68. The molecule has 1 aliphatic carbocycles. The molecule has 25 heavy (non-hydrogen) atoms. The molecule has 0 aliphatic heterocycles. The number of rotatable bonds is 7. The molecule has 0 saturated heterocycles. The van der Waals surface area contributed by atoms with Crippen LogP contribution in [0.3, 0.4) is 0 Å². The lowest BCUT2D eigenvalue weighted by Gasteiger charge is -2.13. The first-order valence-corrected chi connectivity index (χ1v) is 9.34. The van der Waals surface area contributed by atoms with Crippen molar-refractivity contribution in [2.75, 3.05) is 11.9 Å². The molecular formula is C19H23N3O2S. The molecule has 6 heteroatoms. The van der Waals surface area contributed by atoms with Gasteiger partial charge in [0.15, 0.2) is 5.16 Å². The zero-order valence-electron chi connectivity index (χ0n) is 14.8. The molecule has 1 aromatic heterocycles. The topological polar surface area (TPSA) is 64.1 Å². The summed E-state index contributed by atoms with van der Waals surface area (Å²) in [6.07, 6.45) is 2.01. The number of aromatic nitrogens is 2. The Balaban J connectivity index is 1.55. The van der Waals surface area contributed by atoms with Crippen molar-refractivity contribution in [3.05, 3.63) is 41.7 Å².